The number of hydrogen-bond donors (Lipinski definition) is 1. The average molecular weight is 290 g/mol. The molecule has 1 aliphatic carbocycles. The van der Waals surface area contributed by atoms with E-state index in [9.17, 15) is 0 Å². The zero-order chi connectivity index (χ0) is 15.2. The van der Waals surface area contributed by atoms with Crippen LogP contribution in [0, 0.1) is 5.92 Å². The molecule has 2 rings (SSSR count). The second kappa shape index (κ2) is 7.58. The Labute approximate surface area is 129 Å². The van der Waals surface area contributed by atoms with E-state index >= 15 is 0 Å². The van der Waals surface area contributed by atoms with Crippen molar-refractivity contribution >= 4 is 11.4 Å². The van der Waals surface area contributed by atoms with E-state index in [2.05, 4.69) is 31.9 Å². The number of ether oxygens (including phenoxy) is 1. The molecule has 0 radical (unpaired) electrons. The molecule has 3 heteroatoms. The summed E-state index contributed by atoms with van der Waals surface area (Å²) < 4.78 is 5.75. The summed E-state index contributed by atoms with van der Waals surface area (Å²) in [5.74, 6) is 1.75. The molecule has 1 aliphatic rings. The Hall–Kier alpha value is -1.38. The summed E-state index contributed by atoms with van der Waals surface area (Å²) in [6, 6.07) is 6.73. The Balaban J connectivity index is 2.07. The minimum Gasteiger partial charge on any atom is -0.491 e. The molecule has 0 saturated heterocycles. The van der Waals surface area contributed by atoms with E-state index in [4.69, 9.17) is 10.5 Å². The van der Waals surface area contributed by atoms with Crippen LogP contribution in [0.5, 0.6) is 5.75 Å². The van der Waals surface area contributed by atoms with E-state index in [1.807, 2.05) is 12.1 Å². The molecular formula is C18H30N2O. The van der Waals surface area contributed by atoms with Crippen LogP contribution in [-0.4, -0.2) is 19.7 Å². The molecule has 0 atom stereocenters. The summed E-state index contributed by atoms with van der Waals surface area (Å²) in [5.41, 5.74) is 8.22. The Morgan fingerprint density at radius 1 is 1.19 bits per heavy atom. The van der Waals surface area contributed by atoms with Crippen LogP contribution in [0.2, 0.25) is 0 Å². The van der Waals surface area contributed by atoms with Gasteiger partial charge in [0.05, 0.1) is 18.0 Å². The molecule has 118 valence electrons. The highest BCUT2D eigenvalue weighted by Crippen LogP contribution is 2.36. The van der Waals surface area contributed by atoms with Gasteiger partial charge in [-0.1, -0.05) is 26.3 Å². The van der Waals surface area contributed by atoms with Crippen molar-refractivity contribution in [1.29, 1.82) is 0 Å². The standard InChI is InChI=1S/C18H30N2O/c1-4-13-21-17-8-6-7-16(18(17)19)20(3)15-11-9-14(5-2)10-12-15/h6-8,14-15H,4-5,9-13,19H2,1-3H3. The van der Waals surface area contributed by atoms with Gasteiger partial charge in [-0.3, -0.25) is 0 Å². The third kappa shape index (κ3) is 3.84. The lowest BCUT2D eigenvalue weighted by Gasteiger charge is -2.36. The third-order valence-corrected chi connectivity index (χ3v) is 4.83. The van der Waals surface area contributed by atoms with E-state index in [1.54, 1.807) is 0 Å². The van der Waals surface area contributed by atoms with Gasteiger partial charge in [0, 0.05) is 13.1 Å². The molecule has 0 unspecified atom stereocenters. The van der Waals surface area contributed by atoms with E-state index in [0.717, 1.165) is 36.1 Å². The van der Waals surface area contributed by atoms with Gasteiger partial charge in [0.25, 0.3) is 0 Å². The van der Waals surface area contributed by atoms with Crippen LogP contribution in [0.3, 0.4) is 0 Å². The fourth-order valence-electron chi connectivity index (χ4n) is 3.31. The minimum absolute atomic E-state index is 0.608. The number of anilines is 2. The predicted molar refractivity (Wildman–Crippen MR) is 91.1 cm³/mol. The lowest BCUT2D eigenvalue weighted by Crippen LogP contribution is -2.35. The second-order valence-corrected chi connectivity index (χ2v) is 6.23. The molecule has 1 aromatic carbocycles. The van der Waals surface area contributed by atoms with Gasteiger partial charge in [0.2, 0.25) is 0 Å². The van der Waals surface area contributed by atoms with Crippen molar-refractivity contribution in [3.63, 3.8) is 0 Å². The lowest BCUT2D eigenvalue weighted by atomic mass is 9.84. The number of hydrogen-bond acceptors (Lipinski definition) is 3. The average Bonchev–Trinajstić information content (AvgIpc) is 2.53. The van der Waals surface area contributed by atoms with E-state index in [1.165, 1.54) is 32.1 Å². The fraction of sp³-hybridized carbons (Fsp3) is 0.667. The first kappa shape index (κ1) is 16.0. The van der Waals surface area contributed by atoms with Crippen LogP contribution in [0.25, 0.3) is 0 Å². The minimum atomic E-state index is 0.608. The van der Waals surface area contributed by atoms with Gasteiger partial charge >= 0.3 is 0 Å². The zero-order valence-electron chi connectivity index (χ0n) is 13.8. The van der Waals surface area contributed by atoms with Gasteiger partial charge in [0.1, 0.15) is 5.75 Å². The van der Waals surface area contributed by atoms with Crippen molar-refractivity contribution in [3.8, 4) is 5.75 Å². The SMILES string of the molecule is CCCOc1cccc(N(C)C2CCC(CC)CC2)c1N. The molecule has 1 saturated carbocycles. The largest absolute Gasteiger partial charge is 0.491 e. The number of rotatable bonds is 6. The maximum absolute atomic E-state index is 6.32. The maximum atomic E-state index is 6.32. The number of nitrogens with zero attached hydrogens (tertiary/aromatic N) is 1. The Bertz CT molecular complexity index is 439. The molecule has 0 aromatic heterocycles. The molecule has 0 bridgehead atoms. The highest BCUT2D eigenvalue weighted by atomic mass is 16.5. The molecule has 3 nitrogen and oxygen atoms in total. The van der Waals surface area contributed by atoms with Crippen molar-refractivity contribution in [2.75, 3.05) is 24.3 Å². The number of nitrogens with two attached hydrogens (primary N) is 1. The summed E-state index contributed by atoms with van der Waals surface area (Å²) in [7, 11) is 2.17. The van der Waals surface area contributed by atoms with Gasteiger partial charge in [-0.05, 0) is 50.2 Å². The number of benzene rings is 1. The summed E-state index contributed by atoms with van der Waals surface area (Å²) in [4.78, 5) is 2.36. The first-order chi connectivity index (χ1) is 10.2. The molecular weight excluding hydrogens is 260 g/mol. The number of para-hydroxylation sites is 1. The molecule has 21 heavy (non-hydrogen) atoms. The number of nitrogen functional groups attached to an aromatic ring is 1. The first-order valence-corrected chi connectivity index (χ1v) is 8.41. The quantitative estimate of drug-likeness (QED) is 0.786. The molecule has 0 heterocycles. The van der Waals surface area contributed by atoms with Gasteiger partial charge in [-0.15, -0.1) is 0 Å². The monoisotopic (exact) mass is 290 g/mol. The van der Waals surface area contributed by atoms with Crippen molar-refractivity contribution in [3.05, 3.63) is 18.2 Å². The van der Waals surface area contributed by atoms with Crippen LogP contribution in [0.4, 0.5) is 11.4 Å². The van der Waals surface area contributed by atoms with Gasteiger partial charge in [0.15, 0.2) is 0 Å². The van der Waals surface area contributed by atoms with Gasteiger partial charge < -0.3 is 15.4 Å². The Morgan fingerprint density at radius 2 is 1.90 bits per heavy atom. The predicted octanol–water partition coefficient (Wildman–Crippen LogP) is 4.46. The summed E-state index contributed by atoms with van der Waals surface area (Å²) in [6.07, 6.45) is 7.55. The summed E-state index contributed by atoms with van der Waals surface area (Å²) in [5, 5.41) is 0. The van der Waals surface area contributed by atoms with Crippen molar-refractivity contribution in [1.82, 2.24) is 0 Å². The van der Waals surface area contributed by atoms with Crippen molar-refractivity contribution in [2.45, 2.75) is 58.4 Å². The lowest BCUT2D eigenvalue weighted by molar-refractivity contribution is 0.312. The molecule has 0 amide bonds. The fourth-order valence-corrected chi connectivity index (χ4v) is 3.31. The molecule has 1 fully saturated rings. The Morgan fingerprint density at radius 3 is 2.52 bits per heavy atom. The van der Waals surface area contributed by atoms with Crippen LogP contribution >= 0.6 is 0 Å². The summed E-state index contributed by atoms with van der Waals surface area (Å²) >= 11 is 0. The molecule has 1 aromatic rings. The highest BCUT2D eigenvalue weighted by Gasteiger charge is 2.24. The van der Waals surface area contributed by atoms with Crippen LogP contribution in [0.1, 0.15) is 52.4 Å². The van der Waals surface area contributed by atoms with E-state index in [-0.39, 0.29) is 0 Å². The summed E-state index contributed by atoms with van der Waals surface area (Å²) in [6.45, 7) is 5.14. The van der Waals surface area contributed by atoms with Crippen LogP contribution in [-0.2, 0) is 0 Å². The topological polar surface area (TPSA) is 38.5 Å². The molecule has 0 aliphatic heterocycles. The van der Waals surface area contributed by atoms with Crippen molar-refractivity contribution < 1.29 is 4.74 Å². The molecule has 0 spiro atoms. The van der Waals surface area contributed by atoms with Gasteiger partial charge in [-0.2, -0.15) is 0 Å². The Kier molecular flexibility index (Phi) is 5.77. The van der Waals surface area contributed by atoms with Crippen LogP contribution < -0.4 is 15.4 Å². The van der Waals surface area contributed by atoms with Crippen molar-refractivity contribution in [2.24, 2.45) is 5.92 Å². The van der Waals surface area contributed by atoms with E-state index < -0.39 is 0 Å². The second-order valence-electron chi connectivity index (χ2n) is 6.23. The smallest absolute Gasteiger partial charge is 0.144 e. The molecule has 2 N–H and O–H groups in total. The zero-order valence-corrected chi connectivity index (χ0v) is 13.8. The highest BCUT2D eigenvalue weighted by molar-refractivity contribution is 5.74. The van der Waals surface area contributed by atoms with E-state index in [0.29, 0.717) is 6.04 Å². The maximum Gasteiger partial charge on any atom is 0.144 e. The van der Waals surface area contributed by atoms with Crippen LogP contribution in [0.15, 0.2) is 18.2 Å². The first-order valence-electron chi connectivity index (χ1n) is 8.41. The van der Waals surface area contributed by atoms with Gasteiger partial charge in [-0.25, -0.2) is 0 Å². The third-order valence-electron chi connectivity index (χ3n) is 4.83. The normalized spacial score (nSPS) is 22.0.